The number of likely N-dealkylation sites (N-methyl/N-ethyl adjacent to an activating group) is 1. The van der Waals surface area contributed by atoms with E-state index >= 15 is 0 Å². The van der Waals surface area contributed by atoms with E-state index in [2.05, 4.69) is 17.1 Å². The Balaban J connectivity index is 1.69. The maximum atomic E-state index is 13.6. The van der Waals surface area contributed by atoms with Gasteiger partial charge in [0.15, 0.2) is 0 Å². The van der Waals surface area contributed by atoms with Crippen molar-refractivity contribution in [1.82, 2.24) is 9.21 Å². The van der Waals surface area contributed by atoms with Gasteiger partial charge >= 0.3 is 0 Å². The summed E-state index contributed by atoms with van der Waals surface area (Å²) in [5.74, 6) is -0.896. The van der Waals surface area contributed by atoms with Gasteiger partial charge in [0.1, 0.15) is 5.82 Å². The number of hydrogen-bond donors (Lipinski definition) is 1. The number of amides is 1. The van der Waals surface area contributed by atoms with E-state index in [0.29, 0.717) is 37.4 Å². The molecular weight excluding hydrogens is 393 g/mol. The number of carbonyl (C=O) groups is 1. The highest BCUT2D eigenvalue weighted by Gasteiger charge is 2.28. The second-order valence-corrected chi connectivity index (χ2v) is 8.65. The molecule has 0 aromatic heterocycles. The summed E-state index contributed by atoms with van der Waals surface area (Å²) >= 11 is 0. The molecule has 1 heterocycles. The summed E-state index contributed by atoms with van der Waals surface area (Å²) in [5, 5.41) is 2.62. The Morgan fingerprint density at radius 1 is 1.10 bits per heavy atom. The number of rotatable bonds is 6. The molecule has 0 saturated carbocycles. The van der Waals surface area contributed by atoms with Gasteiger partial charge < -0.3 is 10.2 Å². The molecule has 0 bridgehead atoms. The van der Waals surface area contributed by atoms with Gasteiger partial charge in [-0.25, -0.2) is 12.8 Å². The number of hydrogen-bond acceptors (Lipinski definition) is 4. The summed E-state index contributed by atoms with van der Waals surface area (Å²) in [6.45, 7) is 5.24. The third-order valence-corrected chi connectivity index (χ3v) is 6.73. The smallest absolute Gasteiger partial charge is 0.248 e. The minimum atomic E-state index is -3.63. The van der Waals surface area contributed by atoms with Gasteiger partial charge in [0.25, 0.3) is 0 Å². The second kappa shape index (κ2) is 9.30. The van der Waals surface area contributed by atoms with Crippen molar-refractivity contribution in [2.45, 2.75) is 11.8 Å². The van der Waals surface area contributed by atoms with Crippen LogP contribution in [0.15, 0.2) is 59.5 Å². The van der Waals surface area contributed by atoms with Crippen molar-refractivity contribution in [2.24, 2.45) is 0 Å². The molecule has 1 aliphatic rings. The van der Waals surface area contributed by atoms with Crippen LogP contribution < -0.4 is 5.32 Å². The molecule has 2 aromatic carbocycles. The van der Waals surface area contributed by atoms with Crippen LogP contribution >= 0.6 is 0 Å². The molecule has 29 heavy (non-hydrogen) atoms. The van der Waals surface area contributed by atoms with Crippen molar-refractivity contribution in [2.75, 3.05) is 38.0 Å². The van der Waals surface area contributed by atoms with E-state index < -0.39 is 21.7 Å². The lowest BCUT2D eigenvalue weighted by Crippen LogP contribution is -2.48. The summed E-state index contributed by atoms with van der Waals surface area (Å²) in [4.78, 5) is 14.5. The first-order chi connectivity index (χ1) is 13.9. The van der Waals surface area contributed by atoms with Crippen LogP contribution in [0.5, 0.6) is 0 Å². The van der Waals surface area contributed by atoms with Crippen molar-refractivity contribution in [3.05, 3.63) is 66.0 Å². The summed E-state index contributed by atoms with van der Waals surface area (Å²) < 4.78 is 40.9. The van der Waals surface area contributed by atoms with Crippen molar-refractivity contribution in [3.63, 3.8) is 0 Å². The molecule has 1 saturated heterocycles. The largest absolute Gasteiger partial charge is 0.322 e. The number of anilines is 1. The quantitative estimate of drug-likeness (QED) is 0.734. The van der Waals surface area contributed by atoms with Crippen LogP contribution in [0.2, 0.25) is 0 Å². The molecule has 154 valence electrons. The molecule has 8 heteroatoms. The van der Waals surface area contributed by atoms with Gasteiger partial charge in [0, 0.05) is 43.5 Å². The van der Waals surface area contributed by atoms with Crippen molar-refractivity contribution >= 4 is 27.7 Å². The van der Waals surface area contributed by atoms with Crippen molar-refractivity contribution in [3.8, 4) is 0 Å². The Labute approximate surface area is 170 Å². The van der Waals surface area contributed by atoms with E-state index in [1.54, 1.807) is 30.3 Å². The third-order valence-electron chi connectivity index (χ3n) is 4.84. The van der Waals surface area contributed by atoms with Gasteiger partial charge in [-0.2, -0.15) is 4.31 Å². The van der Waals surface area contributed by atoms with Crippen LogP contribution in [0.1, 0.15) is 12.5 Å². The Morgan fingerprint density at radius 2 is 1.83 bits per heavy atom. The Hall–Kier alpha value is -2.55. The zero-order valence-corrected chi connectivity index (χ0v) is 17.0. The highest BCUT2D eigenvalue weighted by Crippen LogP contribution is 2.21. The zero-order valence-electron chi connectivity index (χ0n) is 16.2. The van der Waals surface area contributed by atoms with E-state index in [1.165, 1.54) is 34.7 Å². The predicted molar refractivity (Wildman–Crippen MR) is 111 cm³/mol. The first kappa shape index (κ1) is 21.2. The first-order valence-corrected chi connectivity index (χ1v) is 10.9. The fourth-order valence-electron chi connectivity index (χ4n) is 3.13. The number of nitrogens with zero attached hydrogens (tertiary/aromatic N) is 2. The first-order valence-electron chi connectivity index (χ1n) is 9.46. The van der Waals surface area contributed by atoms with Crippen LogP contribution in [-0.2, 0) is 14.8 Å². The number of piperazine rings is 1. The van der Waals surface area contributed by atoms with Gasteiger partial charge in [-0.1, -0.05) is 31.2 Å². The standard InChI is InChI=1S/C21H24FN3O3S/c1-2-24-12-14-25(15-13-24)29(27,28)19-8-5-7-18(16-19)23-21(26)11-10-17-6-3-4-9-20(17)22/h3-11,16H,2,12-15H2,1H3,(H,23,26)/b11-10+. The fourth-order valence-corrected chi connectivity index (χ4v) is 4.60. The van der Waals surface area contributed by atoms with Crippen LogP contribution in [-0.4, -0.2) is 56.3 Å². The lowest BCUT2D eigenvalue weighted by atomic mass is 10.2. The lowest BCUT2D eigenvalue weighted by Gasteiger charge is -2.33. The number of carbonyl (C=O) groups excluding carboxylic acids is 1. The zero-order chi connectivity index (χ0) is 20.9. The molecule has 3 rings (SSSR count). The van der Waals surface area contributed by atoms with Crippen LogP contribution in [0.25, 0.3) is 6.08 Å². The van der Waals surface area contributed by atoms with E-state index in [-0.39, 0.29) is 4.90 Å². The summed E-state index contributed by atoms with van der Waals surface area (Å²) in [7, 11) is -3.63. The number of halogens is 1. The maximum absolute atomic E-state index is 13.6. The van der Waals surface area contributed by atoms with Gasteiger partial charge in [-0.3, -0.25) is 4.79 Å². The summed E-state index contributed by atoms with van der Waals surface area (Å²) in [6.07, 6.45) is 2.59. The number of benzene rings is 2. The van der Waals surface area contributed by atoms with Crippen LogP contribution in [0.4, 0.5) is 10.1 Å². The molecule has 0 unspecified atom stereocenters. The fraction of sp³-hybridized carbons (Fsp3) is 0.286. The molecule has 0 atom stereocenters. The highest BCUT2D eigenvalue weighted by molar-refractivity contribution is 7.89. The lowest BCUT2D eigenvalue weighted by molar-refractivity contribution is -0.111. The maximum Gasteiger partial charge on any atom is 0.248 e. The van der Waals surface area contributed by atoms with Gasteiger partial charge in [0.2, 0.25) is 15.9 Å². The van der Waals surface area contributed by atoms with Gasteiger partial charge in [0.05, 0.1) is 4.90 Å². The average Bonchev–Trinajstić information content (AvgIpc) is 2.73. The van der Waals surface area contributed by atoms with E-state index in [9.17, 15) is 17.6 Å². The van der Waals surface area contributed by atoms with Crippen molar-refractivity contribution in [1.29, 1.82) is 0 Å². The molecule has 2 aromatic rings. The molecular formula is C21H24FN3O3S. The summed E-state index contributed by atoms with van der Waals surface area (Å²) in [6, 6.07) is 12.3. The molecule has 0 spiro atoms. The Kier molecular flexibility index (Phi) is 6.79. The predicted octanol–water partition coefficient (Wildman–Crippen LogP) is 2.80. The summed E-state index contributed by atoms with van der Waals surface area (Å²) in [5.41, 5.74) is 0.659. The molecule has 1 N–H and O–H groups in total. The van der Waals surface area contributed by atoms with E-state index in [1.807, 2.05) is 0 Å². The van der Waals surface area contributed by atoms with Crippen LogP contribution in [0.3, 0.4) is 0 Å². The van der Waals surface area contributed by atoms with Crippen molar-refractivity contribution < 1.29 is 17.6 Å². The molecule has 6 nitrogen and oxygen atoms in total. The number of nitrogens with one attached hydrogen (secondary N) is 1. The minimum Gasteiger partial charge on any atom is -0.322 e. The minimum absolute atomic E-state index is 0.137. The van der Waals surface area contributed by atoms with E-state index in [0.717, 1.165) is 6.54 Å². The Bertz CT molecular complexity index is 1000. The van der Waals surface area contributed by atoms with Gasteiger partial charge in [-0.15, -0.1) is 0 Å². The number of sulfonamides is 1. The normalized spacial score (nSPS) is 16.2. The van der Waals surface area contributed by atoms with Gasteiger partial charge in [-0.05, 0) is 36.9 Å². The molecule has 0 radical (unpaired) electrons. The molecule has 1 amide bonds. The molecule has 1 fully saturated rings. The SMILES string of the molecule is CCN1CCN(S(=O)(=O)c2cccc(NC(=O)/C=C/c3ccccc3F)c2)CC1. The molecule has 1 aliphatic heterocycles. The highest BCUT2D eigenvalue weighted by atomic mass is 32.2. The van der Waals surface area contributed by atoms with Crippen LogP contribution in [0, 0.1) is 5.82 Å². The average molecular weight is 418 g/mol. The monoisotopic (exact) mass is 417 g/mol. The third kappa shape index (κ3) is 5.29. The molecule has 0 aliphatic carbocycles. The topological polar surface area (TPSA) is 69.7 Å². The Morgan fingerprint density at radius 3 is 2.52 bits per heavy atom. The van der Waals surface area contributed by atoms with E-state index in [4.69, 9.17) is 0 Å². The second-order valence-electron chi connectivity index (χ2n) is 6.71.